The van der Waals surface area contributed by atoms with Gasteiger partial charge in [0.2, 0.25) is 0 Å². The molecule has 1 saturated carbocycles. The normalized spacial score (nSPS) is 24.5. The summed E-state index contributed by atoms with van der Waals surface area (Å²) in [5.74, 6) is 0.630. The Morgan fingerprint density at radius 3 is 2.55 bits per heavy atom. The fourth-order valence-corrected chi connectivity index (χ4v) is 4.23. The first kappa shape index (κ1) is 17.9. The molecule has 20 heavy (non-hydrogen) atoms. The summed E-state index contributed by atoms with van der Waals surface area (Å²) in [6.07, 6.45) is 5.18. The minimum Gasteiger partial charge on any atom is -0.317 e. The second kappa shape index (κ2) is 8.32. The summed E-state index contributed by atoms with van der Waals surface area (Å²) < 4.78 is 28.1. The molecule has 0 saturated heterocycles. The zero-order valence-electron chi connectivity index (χ0n) is 13.4. The molecule has 1 N–H and O–H groups in total. The molecule has 0 aromatic carbocycles. The van der Waals surface area contributed by atoms with E-state index in [1.54, 1.807) is 18.4 Å². The molecule has 0 aromatic heterocycles. The third kappa shape index (κ3) is 4.98. The van der Waals surface area contributed by atoms with Crippen LogP contribution in [0, 0.1) is 5.92 Å². The van der Waals surface area contributed by atoms with Crippen molar-refractivity contribution in [2.24, 2.45) is 5.92 Å². The van der Waals surface area contributed by atoms with Crippen molar-refractivity contribution in [3.63, 3.8) is 0 Å². The van der Waals surface area contributed by atoms with E-state index in [2.05, 4.69) is 19.2 Å². The van der Waals surface area contributed by atoms with Gasteiger partial charge in [0, 0.05) is 26.7 Å². The molecule has 1 aliphatic rings. The van der Waals surface area contributed by atoms with Gasteiger partial charge in [0.1, 0.15) is 0 Å². The topological polar surface area (TPSA) is 52.7 Å². The van der Waals surface area contributed by atoms with E-state index in [4.69, 9.17) is 0 Å². The average Bonchev–Trinajstić information content (AvgIpc) is 2.42. The fourth-order valence-electron chi connectivity index (χ4n) is 2.86. The number of rotatable bonds is 8. The molecule has 0 aromatic rings. The van der Waals surface area contributed by atoms with Gasteiger partial charge in [-0.2, -0.15) is 17.0 Å². The highest BCUT2D eigenvalue weighted by atomic mass is 32.2. The molecule has 0 aliphatic heterocycles. The lowest BCUT2D eigenvalue weighted by Gasteiger charge is -2.35. The van der Waals surface area contributed by atoms with Crippen LogP contribution in [0.15, 0.2) is 0 Å². The second-order valence-corrected chi connectivity index (χ2v) is 8.07. The van der Waals surface area contributed by atoms with Crippen molar-refractivity contribution >= 4 is 10.2 Å². The molecule has 0 heterocycles. The summed E-state index contributed by atoms with van der Waals surface area (Å²) in [4.78, 5) is 0. The van der Waals surface area contributed by atoms with Crippen molar-refractivity contribution < 1.29 is 8.42 Å². The van der Waals surface area contributed by atoms with Crippen molar-refractivity contribution in [1.82, 2.24) is 13.9 Å². The summed E-state index contributed by atoms with van der Waals surface area (Å²) in [5.41, 5.74) is 0. The van der Waals surface area contributed by atoms with Gasteiger partial charge in [-0.25, -0.2) is 0 Å². The molecule has 0 spiro atoms. The summed E-state index contributed by atoms with van der Waals surface area (Å²) in [7, 11) is 0.109. The minimum atomic E-state index is -3.31. The van der Waals surface area contributed by atoms with Crippen LogP contribution in [-0.2, 0) is 10.2 Å². The van der Waals surface area contributed by atoms with Gasteiger partial charge in [0.15, 0.2) is 0 Å². The number of nitrogens with one attached hydrogen (secondary N) is 1. The monoisotopic (exact) mass is 305 g/mol. The molecule has 1 fully saturated rings. The number of hydrogen-bond donors (Lipinski definition) is 1. The lowest BCUT2D eigenvalue weighted by Crippen LogP contribution is -2.46. The summed E-state index contributed by atoms with van der Waals surface area (Å²) in [6.45, 7) is 6.63. The van der Waals surface area contributed by atoms with E-state index in [1.165, 1.54) is 10.7 Å². The van der Waals surface area contributed by atoms with Crippen LogP contribution in [0.2, 0.25) is 0 Å². The van der Waals surface area contributed by atoms with E-state index in [0.29, 0.717) is 12.5 Å². The van der Waals surface area contributed by atoms with Crippen LogP contribution < -0.4 is 5.32 Å². The van der Waals surface area contributed by atoms with Crippen LogP contribution in [-0.4, -0.2) is 56.8 Å². The van der Waals surface area contributed by atoms with Crippen LogP contribution in [0.25, 0.3) is 0 Å². The van der Waals surface area contributed by atoms with Crippen LogP contribution in [0.1, 0.15) is 46.0 Å². The maximum atomic E-state index is 12.5. The zero-order valence-corrected chi connectivity index (χ0v) is 14.2. The predicted octanol–water partition coefficient (Wildman–Crippen LogP) is 1.67. The molecule has 120 valence electrons. The third-order valence-electron chi connectivity index (χ3n) is 4.26. The standard InChI is InChI=1S/C14H31N3O2S/c1-5-15-10-7-11-16(3)20(18,19)17(4)14-9-6-8-13(2)12-14/h13-15H,5-12H2,1-4H3. The van der Waals surface area contributed by atoms with Gasteiger partial charge in [-0.3, -0.25) is 0 Å². The van der Waals surface area contributed by atoms with Crippen molar-refractivity contribution in [3.05, 3.63) is 0 Å². The van der Waals surface area contributed by atoms with Gasteiger partial charge in [-0.15, -0.1) is 0 Å². The Morgan fingerprint density at radius 1 is 1.25 bits per heavy atom. The Balaban J connectivity index is 2.52. The maximum Gasteiger partial charge on any atom is 0.281 e. The van der Waals surface area contributed by atoms with Crippen molar-refractivity contribution in [3.8, 4) is 0 Å². The Labute approximate surface area is 124 Å². The maximum absolute atomic E-state index is 12.5. The second-order valence-electron chi connectivity index (χ2n) is 5.98. The van der Waals surface area contributed by atoms with E-state index in [0.717, 1.165) is 38.8 Å². The summed E-state index contributed by atoms with van der Waals surface area (Å²) >= 11 is 0. The minimum absolute atomic E-state index is 0.167. The largest absolute Gasteiger partial charge is 0.317 e. The van der Waals surface area contributed by atoms with Gasteiger partial charge in [-0.05, 0) is 38.3 Å². The first-order valence-corrected chi connectivity index (χ1v) is 9.19. The quantitative estimate of drug-likeness (QED) is 0.694. The Morgan fingerprint density at radius 2 is 1.95 bits per heavy atom. The molecule has 5 nitrogen and oxygen atoms in total. The first-order valence-electron chi connectivity index (χ1n) is 7.79. The summed E-state index contributed by atoms with van der Waals surface area (Å²) in [6, 6.07) is 0.167. The molecule has 1 rings (SSSR count). The lowest BCUT2D eigenvalue weighted by atomic mass is 9.87. The van der Waals surface area contributed by atoms with E-state index >= 15 is 0 Å². The van der Waals surface area contributed by atoms with Crippen molar-refractivity contribution in [2.75, 3.05) is 33.7 Å². The Kier molecular flexibility index (Phi) is 7.43. The van der Waals surface area contributed by atoms with E-state index in [9.17, 15) is 8.42 Å². The van der Waals surface area contributed by atoms with Gasteiger partial charge >= 0.3 is 0 Å². The third-order valence-corrected chi connectivity index (χ3v) is 6.25. The fraction of sp³-hybridized carbons (Fsp3) is 1.00. The van der Waals surface area contributed by atoms with E-state index in [1.807, 2.05) is 0 Å². The number of hydrogen-bond acceptors (Lipinski definition) is 3. The molecular weight excluding hydrogens is 274 g/mol. The van der Waals surface area contributed by atoms with Gasteiger partial charge in [0.25, 0.3) is 10.2 Å². The van der Waals surface area contributed by atoms with Crippen LogP contribution in [0.5, 0.6) is 0 Å². The van der Waals surface area contributed by atoms with E-state index < -0.39 is 10.2 Å². The molecule has 6 heteroatoms. The number of nitrogens with zero attached hydrogens (tertiary/aromatic N) is 2. The van der Waals surface area contributed by atoms with Crippen molar-refractivity contribution in [2.45, 2.75) is 52.0 Å². The highest BCUT2D eigenvalue weighted by Crippen LogP contribution is 2.28. The van der Waals surface area contributed by atoms with Crippen LogP contribution in [0.3, 0.4) is 0 Å². The highest BCUT2D eigenvalue weighted by molar-refractivity contribution is 7.86. The average molecular weight is 305 g/mol. The Bertz CT molecular complexity index is 373. The van der Waals surface area contributed by atoms with Gasteiger partial charge < -0.3 is 5.32 Å². The molecular formula is C14H31N3O2S. The SMILES string of the molecule is CCNCCCN(C)S(=O)(=O)N(C)C1CCCC(C)C1. The first-order chi connectivity index (χ1) is 9.39. The van der Waals surface area contributed by atoms with Gasteiger partial charge in [0.05, 0.1) is 0 Å². The molecule has 2 unspecified atom stereocenters. The van der Waals surface area contributed by atoms with Crippen LogP contribution in [0.4, 0.5) is 0 Å². The molecule has 2 atom stereocenters. The zero-order chi connectivity index (χ0) is 15.2. The summed E-state index contributed by atoms with van der Waals surface area (Å²) in [5, 5.41) is 3.22. The highest BCUT2D eigenvalue weighted by Gasteiger charge is 2.32. The smallest absolute Gasteiger partial charge is 0.281 e. The lowest BCUT2D eigenvalue weighted by molar-refractivity contribution is 0.228. The van der Waals surface area contributed by atoms with Crippen molar-refractivity contribution in [1.29, 1.82) is 0 Å². The Hall–Kier alpha value is -0.170. The molecule has 0 bridgehead atoms. The van der Waals surface area contributed by atoms with E-state index in [-0.39, 0.29) is 6.04 Å². The molecule has 0 radical (unpaired) electrons. The van der Waals surface area contributed by atoms with Gasteiger partial charge in [-0.1, -0.05) is 26.7 Å². The van der Waals surface area contributed by atoms with Crippen LogP contribution >= 0.6 is 0 Å². The molecule has 0 amide bonds. The molecule has 1 aliphatic carbocycles. The predicted molar refractivity (Wildman–Crippen MR) is 83.9 cm³/mol.